The highest BCUT2D eigenvalue weighted by Gasteiger charge is 2.16. The van der Waals surface area contributed by atoms with Gasteiger partial charge in [-0.3, -0.25) is 4.79 Å². The van der Waals surface area contributed by atoms with Gasteiger partial charge in [0.2, 0.25) is 5.91 Å². The molecule has 2 atom stereocenters. The van der Waals surface area contributed by atoms with Crippen molar-refractivity contribution in [3.05, 3.63) is 24.3 Å². The summed E-state index contributed by atoms with van der Waals surface area (Å²) in [5.41, 5.74) is 0. The molecule has 0 aliphatic heterocycles. The molecule has 22 heavy (non-hydrogen) atoms. The van der Waals surface area contributed by atoms with Crippen molar-refractivity contribution in [2.75, 3.05) is 6.61 Å². The summed E-state index contributed by atoms with van der Waals surface area (Å²) < 4.78 is 0. The van der Waals surface area contributed by atoms with E-state index in [1.54, 1.807) is 13.0 Å². The number of aliphatic hydroxyl groups is 2. The summed E-state index contributed by atoms with van der Waals surface area (Å²) in [4.78, 5) is 11.3. The van der Waals surface area contributed by atoms with Gasteiger partial charge in [-0.1, -0.05) is 57.4 Å². The summed E-state index contributed by atoms with van der Waals surface area (Å²) in [7, 11) is 0. The number of hydrogen-bond donors (Lipinski definition) is 3. The molecule has 0 saturated carbocycles. The first-order chi connectivity index (χ1) is 10.7. The average molecular weight is 311 g/mol. The van der Waals surface area contributed by atoms with Crippen LogP contribution in [0.3, 0.4) is 0 Å². The van der Waals surface area contributed by atoms with Gasteiger partial charge in [0.05, 0.1) is 18.8 Å². The van der Waals surface area contributed by atoms with Crippen LogP contribution in [0.4, 0.5) is 0 Å². The number of rotatable bonds is 13. The van der Waals surface area contributed by atoms with Crippen LogP contribution in [0.25, 0.3) is 0 Å². The second-order valence-electron chi connectivity index (χ2n) is 5.53. The lowest BCUT2D eigenvalue weighted by molar-refractivity contribution is -0.122. The van der Waals surface area contributed by atoms with Crippen LogP contribution in [0.5, 0.6) is 0 Å². The van der Waals surface area contributed by atoms with E-state index in [1.807, 2.05) is 6.08 Å². The van der Waals surface area contributed by atoms with Crippen LogP contribution in [0, 0.1) is 0 Å². The molecule has 0 spiro atoms. The van der Waals surface area contributed by atoms with Gasteiger partial charge in [0.25, 0.3) is 0 Å². The number of hydrogen-bond acceptors (Lipinski definition) is 3. The summed E-state index contributed by atoms with van der Waals surface area (Å²) in [5.74, 6) is -0.169. The predicted molar refractivity (Wildman–Crippen MR) is 91.6 cm³/mol. The van der Waals surface area contributed by atoms with Crippen LogP contribution in [-0.2, 0) is 4.79 Å². The van der Waals surface area contributed by atoms with Crippen molar-refractivity contribution in [3.63, 3.8) is 0 Å². The number of allylic oxidation sites excluding steroid dienone is 3. The molecular weight excluding hydrogens is 278 g/mol. The molecule has 0 bridgehead atoms. The maximum atomic E-state index is 11.3. The zero-order valence-electron chi connectivity index (χ0n) is 14.1. The topological polar surface area (TPSA) is 69.6 Å². The normalized spacial score (nSPS) is 14.5. The number of unbranched alkanes of at least 4 members (excludes halogenated alkanes) is 5. The molecule has 0 aliphatic carbocycles. The smallest absolute Gasteiger partial charge is 0.220 e. The Morgan fingerprint density at radius 3 is 2.36 bits per heavy atom. The minimum atomic E-state index is -0.849. The summed E-state index contributed by atoms with van der Waals surface area (Å²) in [5, 5.41) is 21.7. The molecule has 2 unspecified atom stereocenters. The predicted octanol–water partition coefficient (Wildman–Crippen LogP) is 3.10. The molecule has 0 aromatic carbocycles. The third-order valence-electron chi connectivity index (χ3n) is 3.50. The molecule has 1 amide bonds. The number of amides is 1. The van der Waals surface area contributed by atoms with Crippen molar-refractivity contribution in [3.8, 4) is 0 Å². The lowest BCUT2D eigenvalue weighted by Gasteiger charge is -2.19. The lowest BCUT2D eigenvalue weighted by atomic mass is 10.1. The van der Waals surface area contributed by atoms with Crippen molar-refractivity contribution in [2.24, 2.45) is 0 Å². The molecular formula is C18H33NO3. The maximum absolute atomic E-state index is 11.3. The Morgan fingerprint density at radius 1 is 1.05 bits per heavy atom. The van der Waals surface area contributed by atoms with Gasteiger partial charge in [-0.15, -0.1) is 0 Å². The van der Waals surface area contributed by atoms with E-state index in [1.165, 1.54) is 25.7 Å². The average Bonchev–Trinajstić information content (AvgIpc) is 2.53. The SMILES string of the molecule is CCCCCC/C=C/CC/C=C/C(O)C(CO)NC(=O)CC. The molecule has 0 saturated heterocycles. The molecule has 128 valence electrons. The van der Waals surface area contributed by atoms with Crippen LogP contribution >= 0.6 is 0 Å². The van der Waals surface area contributed by atoms with Gasteiger partial charge in [0, 0.05) is 6.42 Å². The zero-order valence-corrected chi connectivity index (χ0v) is 14.1. The van der Waals surface area contributed by atoms with Gasteiger partial charge in [-0.25, -0.2) is 0 Å². The van der Waals surface area contributed by atoms with Gasteiger partial charge < -0.3 is 15.5 Å². The van der Waals surface area contributed by atoms with Gasteiger partial charge in [-0.2, -0.15) is 0 Å². The Hall–Kier alpha value is -1.13. The Labute approximate surface area is 135 Å². The third kappa shape index (κ3) is 11.5. The Balaban J connectivity index is 3.81. The van der Waals surface area contributed by atoms with E-state index in [2.05, 4.69) is 24.4 Å². The standard InChI is InChI=1S/C18H33NO3/c1-3-5-6-7-8-9-10-11-12-13-14-17(21)16(15-20)19-18(22)4-2/h9-10,13-14,16-17,20-21H,3-8,11-12,15H2,1-2H3,(H,19,22)/b10-9+,14-13+. The fourth-order valence-corrected chi connectivity index (χ4v) is 2.03. The molecule has 0 heterocycles. The Bertz CT molecular complexity index is 326. The summed E-state index contributed by atoms with van der Waals surface area (Å²) in [6.45, 7) is 3.68. The van der Waals surface area contributed by atoms with E-state index in [0.717, 1.165) is 19.3 Å². The number of aliphatic hydroxyl groups excluding tert-OH is 2. The first-order valence-electron chi connectivity index (χ1n) is 8.55. The fourth-order valence-electron chi connectivity index (χ4n) is 2.03. The van der Waals surface area contributed by atoms with Crippen molar-refractivity contribution in [1.29, 1.82) is 0 Å². The van der Waals surface area contributed by atoms with Crippen LogP contribution in [0.1, 0.15) is 65.2 Å². The summed E-state index contributed by atoms with van der Waals surface area (Å²) >= 11 is 0. The number of carbonyl (C=O) groups is 1. The fraction of sp³-hybridized carbons (Fsp3) is 0.722. The quantitative estimate of drug-likeness (QED) is 0.361. The van der Waals surface area contributed by atoms with Gasteiger partial charge in [0.1, 0.15) is 0 Å². The van der Waals surface area contributed by atoms with E-state index >= 15 is 0 Å². The number of nitrogens with one attached hydrogen (secondary N) is 1. The molecule has 4 heteroatoms. The minimum absolute atomic E-state index is 0.169. The highest BCUT2D eigenvalue weighted by atomic mass is 16.3. The van der Waals surface area contributed by atoms with Crippen molar-refractivity contribution in [2.45, 2.75) is 77.4 Å². The third-order valence-corrected chi connectivity index (χ3v) is 3.50. The van der Waals surface area contributed by atoms with Crippen molar-refractivity contribution < 1.29 is 15.0 Å². The van der Waals surface area contributed by atoms with Crippen LogP contribution in [0.2, 0.25) is 0 Å². The second kappa shape index (κ2) is 14.8. The molecule has 0 radical (unpaired) electrons. The monoisotopic (exact) mass is 311 g/mol. The molecule has 0 rings (SSSR count). The first kappa shape index (κ1) is 20.9. The Kier molecular flexibility index (Phi) is 14.0. The summed E-state index contributed by atoms with van der Waals surface area (Å²) in [6.07, 6.45) is 15.5. The van der Waals surface area contributed by atoms with Crippen molar-refractivity contribution >= 4 is 5.91 Å². The van der Waals surface area contributed by atoms with Crippen LogP contribution < -0.4 is 5.32 Å². The van der Waals surface area contributed by atoms with Gasteiger partial charge in [0.15, 0.2) is 0 Å². The van der Waals surface area contributed by atoms with Gasteiger partial charge in [-0.05, 0) is 25.7 Å². The lowest BCUT2D eigenvalue weighted by Crippen LogP contribution is -2.44. The molecule has 4 nitrogen and oxygen atoms in total. The van der Waals surface area contributed by atoms with Crippen LogP contribution in [0.15, 0.2) is 24.3 Å². The number of carbonyl (C=O) groups excluding carboxylic acids is 1. The zero-order chi connectivity index (χ0) is 16.6. The molecule has 0 aromatic rings. The van der Waals surface area contributed by atoms with E-state index in [4.69, 9.17) is 0 Å². The first-order valence-corrected chi connectivity index (χ1v) is 8.55. The molecule has 0 fully saturated rings. The van der Waals surface area contributed by atoms with E-state index in [9.17, 15) is 15.0 Å². The molecule has 0 aromatic heterocycles. The van der Waals surface area contributed by atoms with E-state index < -0.39 is 12.1 Å². The summed E-state index contributed by atoms with van der Waals surface area (Å²) in [6, 6.07) is -0.627. The van der Waals surface area contributed by atoms with E-state index in [0.29, 0.717) is 6.42 Å². The second-order valence-corrected chi connectivity index (χ2v) is 5.53. The largest absolute Gasteiger partial charge is 0.394 e. The highest BCUT2D eigenvalue weighted by molar-refractivity contribution is 5.75. The van der Waals surface area contributed by atoms with E-state index in [-0.39, 0.29) is 12.5 Å². The highest BCUT2D eigenvalue weighted by Crippen LogP contribution is 2.04. The maximum Gasteiger partial charge on any atom is 0.220 e. The minimum Gasteiger partial charge on any atom is -0.394 e. The Morgan fingerprint density at radius 2 is 1.73 bits per heavy atom. The molecule has 3 N–H and O–H groups in total. The van der Waals surface area contributed by atoms with Gasteiger partial charge >= 0.3 is 0 Å². The van der Waals surface area contributed by atoms with Crippen LogP contribution in [-0.4, -0.2) is 34.9 Å². The van der Waals surface area contributed by atoms with Crippen molar-refractivity contribution in [1.82, 2.24) is 5.32 Å². The molecule has 0 aliphatic rings.